The van der Waals surface area contributed by atoms with Crippen molar-refractivity contribution < 1.29 is 29.5 Å². The topological polar surface area (TPSA) is 162 Å². The predicted molar refractivity (Wildman–Crippen MR) is 131 cm³/mol. The molecular weight excluding hydrogens is 452 g/mol. The van der Waals surface area contributed by atoms with E-state index in [4.69, 9.17) is 10.8 Å². The highest BCUT2D eigenvalue weighted by Crippen LogP contribution is 2.26. The van der Waals surface area contributed by atoms with Crippen LogP contribution < -0.4 is 16.6 Å². The van der Waals surface area contributed by atoms with Gasteiger partial charge in [-0.2, -0.15) is 0 Å². The molecule has 0 aliphatic carbocycles. The maximum atomic E-state index is 13.4. The Kier molecular flexibility index (Phi) is 12.7. The Morgan fingerprint density at radius 1 is 1.00 bits per heavy atom. The molecule has 10 nitrogen and oxygen atoms in total. The molecular formula is C25H38N4O6. The second-order valence-electron chi connectivity index (χ2n) is 9.39. The number of carboxylic acid groups (broad SMARTS) is 1. The standard InChI is InChI=1S/C25H38N4O6/c1-16(2)13-20(19(24(33)28-35)12-8-11-18-9-6-5-7-10-18)23(32)27-29(15-17(3)4)25(34)21(26)14-22(30)31/h5-11,16-17,19-21,35H,12-15,26H2,1-4H3,(H,27,32)(H,28,33)(H,30,31)/b11-8+/t19-,20+,21+/m0/s1. The van der Waals surface area contributed by atoms with Gasteiger partial charge in [-0.1, -0.05) is 70.2 Å². The molecule has 1 aromatic carbocycles. The number of benzene rings is 1. The molecule has 10 heteroatoms. The monoisotopic (exact) mass is 490 g/mol. The van der Waals surface area contributed by atoms with E-state index < -0.39 is 48.0 Å². The number of carboxylic acids is 1. The van der Waals surface area contributed by atoms with Crippen LogP contribution in [0.25, 0.3) is 6.08 Å². The van der Waals surface area contributed by atoms with Gasteiger partial charge < -0.3 is 10.8 Å². The molecule has 0 bridgehead atoms. The third kappa shape index (κ3) is 10.7. The molecule has 0 fully saturated rings. The number of nitrogens with zero attached hydrogens (tertiary/aromatic N) is 1. The number of rotatable bonds is 13. The van der Waals surface area contributed by atoms with E-state index in [1.807, 2.05) is 64.1 Å². The van der Waals surface area contributed by atoms with Crippen molar-refractivity contribution in [2.75, 3.05) is 6.54 Å². The smallest absolute Gasteiger partial charge is 0.305 e. The van der Waals surface area contributed by atoms with E-state index in [9.17, 15) is 24.4 Å². The number of nitrogens with two attached hydrogens (primary N) is 1. The van der Waals surface area contributed by atoms with Crippen LogP contribution in [0.1, 0.15) is 52.5 Å². The molecule has 3 atom stereocenters. The summed E-state index contributed by atoms with van der Waals surface area (Å²) in [7, 11) is 0. The number of amides is 3. The normalized spacial score (nSPS) is 13.9. The summed E-state index contributed by atoms with van der Waals surface area (Å²) in [6.07, 6.45) is 3.48. The number of allylic oxidation sites excluding steroid dienone is 1. The maximum Gasteiger partial charge on any atom is 0.305 e. The van der Waals surface area contributed by atoms with Gasteiger partial charge in [0.15, 0.2) is 0 Å². The molecule has 6 N–H and O–H groups in total. The maximum absolute atomic E-state index is 13.4. The lowest BCUT2D eigenvalue weighted by atomic mass is 9.82. The molecule has 0 saturated carbocycles. The van der Waals surface area contributed by atoms with Gasteiger partial charge >= 0.3 is 5.97 Å². The number of carbonyl (C=O) groups is 4. The van der Waals surface area contributed by atoms with Gasteiger partial charge in [-0.15, -0.1) is 0 Å². The number of hydrogen-bond acceptors (Lipinski definition) is 6. The summed E-state index contributed by atoms with van der Waals surface area (Å²) in [5.74, 6) is -5.07. The van der Waals surface area contributed by atoms with Crippen LogP contribution in [0, 0.1) is 23.7 Å². The van der Waals surface area contributed by atoms with E-state index in [0.29, 0.717) is 6.42 Å². The Balaban J connectivity index is 3.18. The van der Waals surface area contributed by atoms with Crippen LogP contribution in [0.4, 0.5) is 0 Å². The number of carbonyl (C=O) groups excluding carboxylic acids is 3. The summed E-state index contributed by atoms with van der Waals surface area (Å²) >= 11 is 0. The minimum atomic E-state index is -1.33. The Morgan fingerprint density at radius 2 is 1.63 bits per heavy atom. The highest BCUT2D eigenvalue weighted by atomic mass is 16.5. The molecule has 0 unspecified atom stereocenters. The third-order valence-corrected chi connectivity index (χ3v) is 5.27. The molecule has 0 heterocycles. The van der Waals surface area contributed by atoms with E-state index in [-0.39, 0.29) is 24.8 Å². The second kappa shape index (κ2) is 14.9. The molecule has 194 valence electrons. The van der Waals surface area contributed by atoms with Crippen molar-refractivity contribution in [1.82, 2.24) is 15.9 Å². The van der Waals surface area contributed by atoms with E-state index >= 15 is 0 Å². The van der Waals surface area contributed by atoms with Crippen molar-refractivity contribution in [2.45, 2.75) is 53.0 Å². The molecule has 0 aliphatic heterocycles. The number of aliphatic carboxylic acids is 1. The van der Waals surface area contributed by atoms with Crippen LogP contribution in [-0.4, -0.2) is 51.6 Å². The summed E-state index contributed by atoms with van der Waals surface area (Å²) in [6.45, 7) is 7.56. The van der Waals surface area contributed by atoms with Crippen molar-refractivity contribution in [2.24, 2.45) is 29.4 Å². The number of hydrazine groups is 1. The highest BCUT2D eigenvalue weighted by molar-refractivity contribution is 5.91. The van der Waals surface area contributed by atoms with Gasteiger partial charge in [-0.3, -0.25) is 34.8 Å². The zero-order valence-electron chi connectivity index (χ0n) is 20.8. The largest absolute Gasteiger partial charge is 0.481 e. The van der Waals surface area contributed by atoms with Gasteiger partial charge in [0.05, 0.1) is 24.3 Å². The second-order valence-corrected chi connectivity index (χ2v) is 9.39. The van der Waals surface area contributed by atoms with Crippen LogP contribution in [0.5, 0.6) is 0 Å². The highest BCUT2D eigenvalue weighted by Gasteiger charge is 2.35. The first-order valence-electron chi connectivity index (χ1n) is 11.7. The summed E-state index contributed by atoms with van der Waals surface area (Å²) in [5.41, 5.74) is 10.9. The lowest BCUT2D eigenvalue weighted by Crippen LogP contribution is -2.56. The lowest BCUT2D eigenvalue weighted by Gasteiger charge is -2.31. The van der Waals surface area contributed by atoms with Crippen LogP contribution in [-0.2, 0) is 19.2 Å². The fourth-order valence-corrected chi connectivity index (χ4v) is 3.66. The average Bonchev–Trinajstić information content (AvgIpc) is 2.79. The first-order valence-corrected chi connectivity index (χ1v) is 11.7. The van der Waals surface area contributed by atoms with Crippen LogP contribution in [0.3, 0.4) is 0 Å². The number of nitrogens with one attached hydrogen (secondary N) is 2. The van der Waals surface area contributed by atoms with Crippen LogP contribution >= 0.6 is 0 Å². The van der Waals surface area contributed by atoms with E-state index in [2.05, 4.69) is 5.43 Å². The molecule has 1 aromatic rings. The molecule has 0 aromatic heterocycles. The summed E-state index contributed by atoms with van der Waals surface area (Å²) < 4.78 is 0. The minimum absolute atomic E-state index is 0.0290. The molecule has 0 spiro atoms. The van der Waals surface area contributed by atoms with Crippen LogP contribution in [0.2, 0.25) is 0 Å². The Morgan fingerprint density at radius 3 is 2.14 bits per heavy atom. The Bertz CT molecular complexity index is 872. The molecule has 0 saturated heterocycles. The van der Waals surface area contributed by atoms with Crippen LogP contribution in [0.15, 0.2) is 36.4 Å². The zero-order valence-corrected chi connectivity index (χ0v) is 20.8. The first kappa shape index (κ1) is 29.8. The number of hydrogen-bond donors (Lipinski definition) is 5. The zero-order chi connectivity index (χ0) is 26.5. The van der Waals surface area contributed by atoms with Gasteiger partial charge in [0, 0.05) is 6.54 Å². The van der Waals surface area contributed by atoms with Crippen molar-refractivity contribution in [3.63, 3.8) is 0 Å². The number of hydroxylamine groups is 1. The fourth-order valence-electron chi connectivity index (χ4n) is 3.66. The van der Waals surface area contributed by atoms with Gasteiger partial charge in [0.2, 0.25) is 11.8 Å². The molecule has 0 radical (unpaired) electrons. The quantitative estimate of drug-likeness (QED) is 0.209. The lowest BCUT2D eigenvalue weighted by molar-refractivity contribution is -0.150. The van der Waals surface area contributed by atoms with E-state index in [1.165, 1.54) is 0 Å². The molecule has 3 amide bonds. The fraction of sp³-hybridized carbons (Fsp3) is 0.520. The van der Waals surface area contributed by atoms with Crippen molar-refractivity contribution in [3.8, 4) is 0 Å². The van der Waals surface area contributed by atoms with Crippen molar-refractivity contribution >= 4 is 29.8 Å². The SMILES string of the molecule is CC(C)C[C@@H](C(=O)NN(CC(C)C)C(=O)[C@H](N)CC(=O)O)[C@H](C/C=C/c1ccccc1)C(=O)NO. The molecule has 35 heavy (non-hydrogen) atoms. The van der Waals surface area contributed by atoms with Gasteiger partial charge in [-0.25, -0.2) is 5.48 Å². The minimum Gasteiger partial charge on any atom is -0.481 e. The summed E-state index contributed by atoms with van der Waals surface area (Å²) in [5, 5.41) is 19.3. The van der Waals surface area contributed by atoms with Crippen molar-refractivity contribution in [1.29, 1.82) is 0 Å². The van der Waals surface area contributed by atoms with Crippen molar-refractivity contribution in [3.05, 3.63) is 42.0 Å². The molecule has 1 rings (SSSR count). The Labute approximate surface area is 206 Å². The first-order chi connectivity index (χ1) is 16.5. The summed E-state index contributed by atoms with van der Waals surface area (Å²) in [4.78, 5) is 49.7. The molecule has 0 aliphatic rings. The average molecular weight is 491 g/mol. The van der Waals surface area contributed by atoms with E-state index in [0.717, 1.165) is 10.6 Å². The van der Waals surface area contributed by atoms with Gasteiger partial charge in [-0.05, 0) is 30.2 Å². The van der Waals surface area contributed by atoms with E-state index in [1.54, 1.807) is 11.6 Å². The predicted octanol–water partition coefficient (Wildman–Crippen LogP) is 2.19. The summed E-state index contributed by atoms with van der Waals surface area (Å²) in [6, 6.07) is 8.09. The third-order valence-electron chi connectivity index (χ3n) is 5.27. The Hall–Kier alpha value is -3.24. The van der Waals surface area contributed by atoms with Gasteiger partial charge in [0.25, 0.3) is 5.91 Å². The van der Waals surface area contributed by atoms with Gasteiger partial charge in [0.1, 0.15) is 0 Å².